The number of carboxylic acid groups (broad SMARTS) is 2. The molecule has 164 valence electrons. The number of carbonyl (C=O) groups is 6. The molecule has 4 unspecified atom stereocenters. The number of nitrogens with two attached hydrogens (primary N) is 2. The summed E-state index contributed by atoms with van der Waals surface area (Å²) in [4.78, 5) is 68.6. The Hall–Kier alpha value is -2.87. The lowest BCUT2D eigenvalue weighted by molar-refractivity contribution is -0.147. The predicted molar refractivity (Wildman–Crippen MR) is 102 cm³/mol. The van der Waals surface area contributed by atoms with Crippen molar-refractivity contribution >= 4 is 48.2 Å². The normalized spacial score (nSPS) is 14.6. The zero-order chi connectivity index (χ0) is 22.7. The molecule has 0 aromatic heterocycles. The maximum Gasteiger partial charge on any atom is 0.326 e. The Kier molecular flexibility index (Phi) is 11.3. The van der Waals surface area contributed by atoms with Crippen LogP contribution < -0.4 is 27.4 Å². The number of thiol groups is 1. The molecule has 4 amide bonds. The minimum Gasteiger partial charge on any atom is -0.481 e. The number of carboxylic acids is 2. The molecule has 0 aromatic rings. The van der Waals surface area contributed by atoms with Gasteiger partial charge in [-0.05, 0) is 13.3 Å². The lowest BCUT2D eigenvalue weighted by Crippen LogP contribution is -2.57. The highest BCUT2D eigenvalue weighted by Gasteiger charge is 2.29. The largest absolute Gasteiger partial charge is 0.481 e. The van der Waals surface area contributed by atoms with Crippen molar-refractivity contribution in [3.05, 3.63) is 0 Å². The lowest BCUT2D eigenvalue weighted by Gasteiger charge is -2.22. The van der Waals surface area contributed by atoms with Gasteiger partial charge in [-0.15, -0.1) is 0 Å². The molecule has 0 aliphatic carbocycles. The number of aliphatic carboxylic acids is 2. The number of amides is 4. The van der Waals surface area contributed by atoms with Crippen LogP contribution in [0, 0.1) is 0 Å². The number of hydrogen-bond donors (Lipinski definition) is 8. The van der Waals surface area contributed by atoms with E-state index in [1.54, 1.807) is 0 Å². The SMILES string of the molecule is CC(NC(=O)C(N)CCC(N)=O)C(=O)NC(CS)C(=O)NC(CC(=O)O)C(=O)O. The van der Waals surface area contributed by atoms with E-state index in [1.807, 2.05) is 5.32 Å². The first kappa shape index (κ1) is 26.1. The minimum absolute atomic E-state index is 0.0165. The third-order valence-electron chi connectivity index (χ3n) is 3.60. The van der Waals surface area contributed by atoms with Crippen molar-refractivity contribution < 1.29 is 39.0 Å². The molecule has 4 atom stereocenters. The molecule has 29 heavy (non-hydrogen) atoms. The number of hydrogen-bond acceptors (Lipinski definition) is 8. The summed E-state index contributed by atoms with van der Waals surface area (Å²) in [5.74, 6) is -6.32. The number of rotatable bonds is 13. The van der Waals surface area contributed by atoms with E-state index in [4.69, 9.17) is 21.7 Å². The maximum absolute atomic E-state index is 12.2. The van der Waals surface area contributed by atoms with Crippen LogP contribution in [0.3, 0.4) is 0 Å². The van der Waals surface area contributed by atoms with Crippen LogP contribution in [0.5, 0.6) is 0 Å². The van der Waals surface area contributed by atoms with Crippen LogP contribution in [0.1, 0.15) is 26.2 Å². The van der Waals surface area contributed by atoms with E-state index in [0.29, 0.717) is 0 Å². The highest BCUT2D eigenvalue weighted by Crippen LogP contribution is 1.99. The summed E-state index contributed by atoms with van der Waals surface area (Å²) in [5.41, 5.74) is 10.5. The predicted octanol–water partition coefficient (Wildman–Crippen LogP) is -3.46. The molecule has 0 bridgehead atoms. The van der Waals surface area contributed by atoms with E-state index in [-0.39, 0.29) is 18.6 Å². The molecule has 0 heterocycles. The molecule has 0 aromatic carbocycles. The first-order valence-corrected chi connectivity index (χ1v) is 9.02. The fourth-order valence-corrected chi connectivity index (χ4v) is 2.21. The molecule has 0 rings (SSSR count). The van der Waals surface area contributed by atoms with Crippen molar-refractivity contribution in [2.45, 2.75) is 50.4 Å². The highest BCUT2D eigenvalue weighted by atomic mass is 32.1. The summed E-state index contributed by atoms with van der Waals surface area (Å²) in [7, 11) is 0. The van der Waals surface area contributed by atoms with Crippen molar-refractivity contribution in [3.63, 3.8) is 0 Å². The van der Waals surface area contributed by atoms with E-state index in [9.17, 15) is 28.8 Å². The second-order valence-corrected chi connectivity index (χ2v) is 6.45. The molecule has 14 heteroatoms. The Morgan fingerprint density at radius 2 is 1.48 bits per heavy atom. The zero-order valence-electron chi connectivity index (χ0n) is 15.6. The van der Waals surface area contributed by atoms with E-state index < -0.39 is 66.2 Å². The Morgan fingerprint density at radius 3 is 1.93 bits per heavy atom. The molecule has 0 aliphatic rings. The number of primary amides is 1. The van der Waals surface area contributed by atoms with Gasteiger partial charge in [0.25, 0.3) is 0 Å². The molecule has 0 radical (unpaired) electrons. The van der Waals surface area contributed by atoms with Gasteiger partial charge in [-0.1, -0.05) is 0 Å². The van der Waals surface area contributed by atoms with Gasteiger partial charge in [0.1, 0.15) is 18.1 Å². The summed E-state index contributed by atoms with van der Waals surface area (Å²) >= 11 is 3.90. The third-order valence-corrected chi connectivity index (χ3v) is 3.96. The fraction of sp³-hybridized carbons (Fsp3) is 0.600. The van der Waals surface area contributed by atoms with Crippen LogP contribution in [0.15, 0.2) is 0 Å². The average Bonchev–Trinajstić information content (AvgIpc) is 2.62. The summed E-state index contributed by atoms with van der Waals surface area (Å²) in [6.45, 7) is 1.31. The van der Waals surface area contributed by atoms with Crippen LogP contribution in [0.2, 0.25) is 0 Å². The van der Waals surface area contributed by atoms with E-state index in [1.165, 1.54) is 6.92 Å². The van der Waals surface area contributed by atoms with Crippen LogP contribution >= 0.6 is 12.6 Å². The first-order valence-electron chi connectivity index (χ1n) is 8.39. The van der Waals surface area contributed by atoms with Gasteiger partial charge >= 0.3 is 11.9 Å². The standard InChI is InChI=1S/C15H25N5O8S/c1-6(18-13(25)7(16)2-3-10(17)21)12(24)20-9(5-29)14(26)19-8(15(27)28)4-11(22)23/h6-9,29H,2-5,16H2,1H3,(H2,17,21)(H,18,25)(H,19,26)(H,20,24)(H,22,23)(H,27,28). The van der Waals surface area contributed by atoms with Crippen LogP contribution in [-0.4, -0.2) is 75.7 Å². The quantitative estimate of drug-likeness (QED) is 0.134. The Bertz CT molecular complexity index is 659. The van der Waals surface area contributed by atoms with Crippen LogP contribution in [0.4, 0.5) is 0 Å². The Balaban J connectivity index is 4.81. The first-order chi connectivity index (χ1) is 13.4. The molecular formula is C15H25N5O8S. The lowest BCUT2D eigenvalue weighted by atomic mass is 10.1. The van der Waals surface area contributed by atoms with Gasteiger partial charge in [0.2, 0.25) is 23.6 Å². The number of nitrogens with one attached hydrogen (secondary N) is 3. The van der Waals surface area contributed by atoms with Crippen molar-refractivity contribution in [1.82, 2.24) is 16.0 Å². The van der Waals surface area contributed by atoms with E-state index in [2.05, 4.69) is 23.3 Å². The second-order valence-electron chi connectivity index (χ2n) is 6.08. The third kappa shape index (κ3) is 10.3. The fourth-order valence-electron chi connectivity index (χ4n) is 1.95. The number of carbonyl (C=O) groups excluding carboxylic acids is 4. The van der Waals surface area contributed by atoms with Crippen molar-refractivity contribution in [2.24, 2.45) is 11.5 Å². The molecule has 0 saturated carbocycles. The Morgan fingerprint density at radius 1 is 0.931 bits per heavy atom. The van der Waals surface area contributed by atoms with Gasteiger partial charge in [0, 0.05) is 12.2 Å². The van der Waals surface area contributed by atoms with Gasteiger partial charge in [0.05, 0.1) is 12.5 Å². The molecule has 0 spiro atoms. The average molecular weight is 435 g/mol. The van der Waals surface area contributed by atoms with Gasteiger partial charge in [-0.25, -0.2) is 4.79 Å². The molecule has 0 aliphatic heterocycles. The topological polar surface area (TPSA) is 231 Å². The Labute approximate surface area is 171 Å². The highest BCUT2D eigenvalue weighted by molar-refractivity contribution is 7.80. The summed E-state index contributed by atoms with van der Waals surface area (Å²) in [5, 5.41) is 24.2. The zero-order valence-corrected chi connectivity index (χ0v) is 16.5. The van der Waals surface area contributed by atoms with Crippen molar-refractivity contribution in [2.75, 3.05) is 5.75 Å². The van der Waals surface area contributed by atoms with Gasteiger partial charge in [-0.2, -0.15) is 12.6 Å². The van der Waals surface area contributed by atoms with E-state index in [0.717, 1.165) is 0 Å². The molecule has 13 nitrogen and oxygen atoms in total. The van der Waals surface area contributed by atoms with E-state index >= 15 is 0 Å². The summed E-state index contributed by atoms with van der Waals surface area (Å²) in [6, 6.07) is -5.18. The molecule has 9 N–H and O–H groups in total. The second kappa shape index (κ2) is 12.6. The summed E-state index contributed by atoms with van der Waals surface area (Å²) in [6.07, 6.45) is -0.987. The van der Waals surface area contributed by atoms with Crippen molar-refractivity contribution in [3.8, 4) is 0 Å². The molecule has 0 fully saturated rings. The smallest absolute Gasteiger partial charge is 0.326 e. The monoisotopic (exact) mass is 435 g/mol. The van der Waals surface area contributed by atoms with Crippen LogP contribution in [-0.2, 0) is 28.8 Å². The van der Waals surface area contributed by atoms with Gasteiger partial charge in [-0.3, -0.25) is 24.0 Å². The minimum atomic E-state index is -1.69. The van der Waals surface area contributed by atoms with Gasteiger partial charge < -0.3 is 37.6 Å². The van der Waals surface area contributed by atoms with Gasteiger partial charge in [0.15, 0.2) is 0 Å². The molecular weight excluding hydrogens is 410 g/mol. The maximum atomic E-state index is 12.2. The van der Waals surface area contributed by atoms with Crippen LogP contribution in [0.25, 0.3) is 0 Å². The van der Waals surface area contributed by atoms with Crippen molar-refractivity contribution in [1.29, 1.82) is 0 Å². The summed E-state index contributed by atoms with van der Waals surface area (Å²) < 4.78 is 0. The molecule has 0 saturated heterocycles.